The largest absolute Gasteiger partial charge is 0.360 e. The molecular weight excluding hydrogens is 214 g/mol. The average molecular weight is 237 g/mol. The SMILES string of the molecule is Cc1cc(CNCCC2CCCCN2C)on1. The Morgan fingerprint density at radius 2 is 2.41 bits per heavy atom. The van der Waals surface area contributed by atoms with Gasteiger partial charge in [-0.05, 0) is 46.3 Å². The first-order valence-corrected chi connectivity index (χ1v) is 6.59. The van der Waals surface area contributed by atoms with E-state index in [1.807, 2.05) is 13.0 Å². The van der Waals surface area contributed by atoms with Crippen molar-refractivity contribution in [1.29, 1.82) is 0 Å². The summed E-state index contributed by atoms with van der Waals surface area (Å²) in [5.41, 5.74) is 0.953. The highest BCUT2D eigenvalue weighted by molar-refractivity contribution is 5.02. The van der Waals surface area contributed by atoms with Crippen molar-refractivity contribution in [2.45, 2.75) is 45.2 Å². The number of nitrogens with one attached hydrogen (secondary N) is 1. The van der Waals surface area contributed by atoms with Crippen LogP contribution in [-0.4, -0.2) is 36.2 Å². The molecule has 0 bridgehead atoms. The van der Waals surface area contributed by atoms with Crippen molar-refractivity contribution in [3.05, 3.63) is 17.5 Å². The Balaban J connectivity index is 1.62. The molecule has 1 unspecified atom stereocenters. The van der Waals surface area contributed by atoms with Gasteiger partial charge in [0.2, 0.25) is 0 Å². The van der Waals surface area contributed by atoms with Crippen molar-refractivity contribution in [3.8, 4) is 0 Å². The molecule has 0 aliphatic carbocycles. The lowest BCUT2D eigenvalue weighted by atomic mass is 10.0. The average Bonchev–Trinajstić information content (AvgIpc) is 2.73. The van der Waals surface area contributed by atoms with Crippen LogP contribution in [0.25, 0.3) is 0 Å². The van der Waals surface area contributed by atoms with E-state index in [4.69, 9.17) is 4.52 Å². The first kappa shape index (κ1) is 12.6. The molecular formula is C13H23N3O. The molecule has 17 heavy (non-hydrogen) atoms. The van der Waals surface area contributed by atoms with Crippen molar-refractivity contribution < 1.29 is 4.52 Å². The minimum absolute atomic E-state index is 0.757. The maximum absolute atomic E-state index is 5.15. The predicted molar refractivity (Wildman–Crippen MR) is 67.8 cm³/mol. The second-order valence-electron chi connectivity index (χ2n) is 5.03. The lowest BCUT2D eigenvalue weighted by Gasteiger charge is -2.32. The third kappa shape index (κ3) is 3.82. The van der Waals surface area contributed by atoms with Crippen LogP contribution in [0.5, 0.6) is 0 Å². The second-order valence-corrected chi connectivity index (χ2v) is 5.03. The summed E-state index contributed by atoms with van der Waals surface area (Å²) in [6, 6.07) is 2.74. The number of piperidine rings is 1. The molecule has 0 aromatic carbocycles. The van der Waals surface area contributed by atoms with E-state index in [0.717, 1.165) is 30.6 Å². The van der Waals surface area contributed by atoms with Crippen LogP contribution in [0.3, 0.4) is 0 Å². The van der Waals surface area contributed by atoms with Crippen LogP contribution in [0.2, 0.25) is 0 Å². The van der Waals surface area contributed by atoms with Crippen LogP contribution in [0.4, 0.5) is 0 Å². The summed E-state index contributed by atoms with van der Waals surface area (Å²) in [4.78, 5) is 2.49. The van der Waals surface area contributed by atoms with Gasteiger partial charge >= 0.3 is 0 Å². The van der Waals surface area contributed by atoms with Gasteiger partial charge in [0, 0.05) is 12.1 Å². The highest BCUT2D eigenvalue weighted by Gasteiger charge is 2.17. The first-order chi connectivity index (χ1) is 8.25. The highest BCUT2D eigenvalue weighted by atomic mass is 16.5. The van der Waals surface area contributed by atoms with E-state index in [1.54, 1.807) is 0 Å². The van der Waals surface area contributed by atoms with E-state index < -0.39 is 0 Å². The zero-order valence-electron chi connectivity index (χ0n) is 10.9. The number of aromatic nitrogens is 1. The normalized spacial score (nSPS) is 21.9. The summed E-state index contributed by atoms with van der Waals surface area (Å²) in [6.45, 7) is 5.04. The van der Waals surface area contributed by atoms with E-state index in [1.165, 1.54) is 32.2 Å². The van der Waals surface area contributed by atoms with Gasteiger partial charge in [0.05, 0.1) is 12.2 Å². The number of hydrogen-bond acceptors (Lipinski definition) is 4. The van der Waals surface area contributed by atoms with Crippen LogP contribution in [0.15, 0.2) is 10.6 Å². The maximum Gasteiger partial charge on any atom is 0.150 e. The summed E-state index contributed by atoms with van der Waals surface area (Å²) in [5, 5.41) is 7.30. The quantitative estimate of drug-likeness (QED) is 0.795. The van der Waals surface area contributed by atoms with Crippen LogP contribution in [-0.2, 0) is 6.54 Å². The summed E-state index contributed by atoms with van der Waals surface area (Å²) in [5.74, 6) is 0.930. The zero-order chi connectivity index (χ0) is 12.1. The molecule has 4 nitrogen and oxygen atoms in total. The van der Waals surface area contributed by atoms with Crippen LogP contribution >= 0.6 is 0 Å². The number of aryl methyl sites for hydroxylation is 1. The number of rotatable bonds is 5. The molecule has 1 aromatic rings. The summed E-state index contributed by atoms with van der Waals surface area (Å²) in [6.07, 6.45) is 5.32. The second kappa shape index (κ2) is 6.17. The molecule has 1 atom stereocenters. The molecule has 0 amide bonds. The van der Waals surface area contributed by atoms with Crippen molar-refractivity contribution >= 4 is 0 Å². The van der Waals surface area contributed by atoms with E-state index in [2.05, 4.69) is 22.4 Å². The molecule has 4 heteroatoms. The van der Waals surface area contributed by atoms with Gasteiger partial charge in [-0.2, -0.15) is 0 Å². The van der Waals surface area contributed by atoms with Crippen molar-refractivity contribution in [2.75, 3.05) is 20.1 Å². The van der Waals surface area contributed by atoms with Crippen LogP contribution < -0.4 is 5.32 Å². The third-order valence-electron chi connectivity index (χ3n) is 3.55. The Kier molecular flexibility index (Phi) is 4.57. The van der Waals surface area contributed by atoms with Crippen molar-refractivity contribution in [1.82, 2.24) is 15.4 Å². The molecule has 1 N–H and O–H groups in total. The van der Waals surface area contributed by atoms with E-state index >= 15 is 0 Å². The summed E-state index contributed by atoms with van der Waals surface area (Å²) in [7, 11) is 2.24. The molecule has 1 aromatic heterocycles. The molecule has 0 spiro atoms. The lowest BCUT2D eigenvalue weighted by Crippen LogP contribution is -2.38. The van der Waals surface area contributed by atoms with Gasteiger partial charge in [0.25, 0.3) is 0 Å². The molecule has 96 valence electrons. The van der Waals surface area contributed by atoms with Crippen LogP contribution in [0.1, 0.15) is 37.1 Å². The van der Waals surface area contributed by atoms with Gasteiger partial charge in [-0.25, -0.2) is 0 Å². The maximum atomic E-state index is 5.15. The van der Waals surface area contributed by atoms with Gasteiger partial charge in [0.1, 0.15) is 0 Å². The molecule has 1 aliphatic heterocycles. The minimum Gasteiger partial charge on any atom is -0.360 e. The minimum atomic E-state index is 0.757. The van der Waals surface area contributed by atoms with Crippen molar-refractivity contribution in [2.24, 2.45) is 0 Å². The predicted octanol–water partition coefficient (Wildman–Crippen LogP) is 1.95. The number of hydrogen-bond donors (Lipinski definition) is 1. The molecule has 1 aliphatic rings. The van der Waals surface area contributed by atoms with Gasteiger partial charge in [-0.15, -0.1) is 0 Å². The fraction of sp³-hybridized carbons (Fsp3) is 0.769. The van der Waals surface area contributed by atoms with E-state index in [0.29, 0.717) is 0 Å². The monoisotopic (exact) mass is 237 g/mol. The Morgan fingerprint density at radius 1 is 1.53 bits per heavy atom. The lowest BCUT2D eigenvalue weighted by molar-refractivity contribution is 0.175. The smallest absolute Gasteiger partial charge is 0.150 e. The Hall–Kier alpha value is -0.870. The molecule has 2 rings (SSSR count). The first-order valence-electron chi connectivity index (χ1n) is 6.59. The summed E-state index contributed by atoms with van der Waals surface area (Å²) < 4.78 is 5.15. The molecule has 1 fully saturated rings. The topological polar surface area (TPSA) is 41.3 Å². The Labute approximate surface area is 103 Å². The van der Waals surface area contributed by atoms with Gasteiger partial charge in [-0.3, -0.25) is 0 Å². The van der Waals surface area contributed by atoms with Crippen LogP contribution in [0, 0.1) is 6.92 Å². The molecule has 0 radical (unpaired) electrons. The third-order valence-corrected chi connectivity index (χ3v) is 3.55. The van der Waals surface area contributed by atoms with Gasteiger partial charge in [0.15, 0.2) is 5.76 Å². The molecule has 0 saturated carbocycles. The van der Waals surface area contributed by atoms with E-state index in [9.17, 15) is 0 Å². The highest BCUT2D eigenvalue weighted by Crippen LogP contribution is 2.17. The zero-order valence-corrected chi connectivity index (χ0v) is 10.9. The fourth-order valence-corrected chi connectivity index (χ4v) is 2.49. The molecule has 1 saturated heterocycles. The van der Waals surface area contributed by atoms with Gasteiger partial charge in [-0.1, -0.05) is 11.6 Å². The van der Waals surface area contributed by atoms with Crippen molar-refractivity contribution in [3.63, 3.8) is 0 Å². The summed E-state index contributed by atoms with van der Waals surface area (Å²) >= 11 is 0. The van der Waals surface area contributed by atoms with E-state index in [-0.39, 0.29) is 0 Å². The standard InChI is InChI=1S/C13H23N3O/c1-11-9-13(17-15-11)10-14-7-6-12-5-3-4-8-16(12)2/h9,12,14H,3-8,10H2,1-2H3. The number of likely N-dealkylation sites (tertiary alicyclic amines) is 1. The number of nitrogens with zero attached hydrogens (tertiary/aromatic N) is 2. The molecule has 2 heterocycles. The fourth-order valence-electron chi connectivity index (χ4n) is 2.49. The Morgan fingerprint density at radius 3 is 3.12 bits per heavy atom. The Bertz CT molecular complexity index is 337. The van der Waals surface area contributed by atoms with Gasteiger partial charge < -0.3 is 14.7 Å².